The number of hydrogen-bond acceptors (Lipinski definition) is 4. The van der Waals surface area contributed by atoms with E-state index in [1.807, 2.05) is 12.4 Å². The second-order valence-electron chi connectivity index (χ2n) is 6.50. The lowest BCUT2D eigenvalue weighted by Gasteiger charge is -2.28. The quantitative estimate of drug-likeness (QED) is 0.774. The van der Waals surface area contributed by atoms with E-state index in [-0.39, 0.29) is 0 Å². The van der Waals surface area contributed by atoms with Gasteiger partial charge in [-0.2, -0.15) is 0 Å². The van der Waals surface area contributed by atoms with Crippen LogP contribution in [0.15, 0.2) is 12.4 Å². The van der Waals surface area contributed by atoms with E-state index in [0.717, 1.165) is 31.4 Å². The van der Waals surface area contributed by atoms with Gasteiger partial charge in [0.15, 0.2) is 0 Å². The van der Waals surface area contributed by atoms with Crippen LogP contribution in [0, 0.1) is 5.92 Å². The Labute approximate surface area is 119 Å². The van der Waals surface area contributed by atoms with Crippen molar-refractivity contribution in [3.05, 3.63) is 23.8 Å². The maximum Gasteiger partial charge on any atom is 0.130 e. The molecule has 1 aliphatic carbocycles. The van der Waals surface area contributed by atoms with Crippen molar-refractivity contribution in [1.29, 1.82) is 0 Å². The average molecular weight is 274 g/mol. The van der Waals surface area contributed by atoms with Crippen LogP contribution < -0.4 is 0 Å². The Kier molecular flexibility index (Phi) is 3.44. The fourth-order valence-electron chi connectivity index (χ4n) is 3.38. The molecule has 4 rings (SSSR count). The molecule has 0 amide bonds. The molecule has 0 spiro atoms. The van der Waals surface area contributed by atoms with E-state index in [2.05, 4.69) is 9.97 Å². The Morgan fingerprint density at radius 1 is 0.950 bits per heavy atom. The lowest BCUT2D eigenvalue weighted by atomic mass is 9.78. The van der Waals surface area contributed by atoms with Gasteiger partial charge in [0.1, 0.15) is 5.82 Å². The molecule has 20 heavy (non-hydrogen) atoms. The maximum absolute atomic E-state index is 5.34. The molecule has 0 bridgehead atoms. The van der Waals surface area contributed by atoms with Crippen molar-refractivity contribution in [1.82, 2.24) is 9.97 Å². The molecule has 1 aromatic heterocycles. The Hall–Kier alpha value is -1.00. The van der Waals surface area contributed by atoms with E-state index >= 15 is 0 Å². The first-order valence-electron chi connectivity index (χ1n) is 7.91. The summed E-state index contributed by atoms with van der Waals surface area (Å²) >= 11 is 0. The van der Waals surface area contributed by atoms with Crippen LogP contribution in [-0.2, 0) is 15.9 Å². The first-order valence-corrected chi connectivity index (χ1v) is 7.91. The van der Waals surface area contributed by atoms with Gasteiger partial charge in [-0.05, 0) is 49.5 Å². The van der Waals surface area contributed by atoms with Crippen molar-refractivity contribution >= 4 is 0 Å². The molecule has 0 aromatic carbocycles. The van der Waals surface area contributed by atoms with Gasteiger partial charge in [-0.3, -0.25) is 0 Å². The van der Waals surface area contributed by atoms with Crippen molar-refractivity contribution < 1.29 is 9.47 Å². The molecular formula is C16H22N2O2. The molecule has 2 aliphatic heterocycles. The number of rotatable bonds is 5. The number of nitrogens with zero attached hydrogens (tertiary/aromatic N) is 2. The zero-order valence-electron chi connectivity index (χ0n) is 11.8. The van der Waals surface area contributed by atoms with Gasteiger partial charge in [-0.1, -0.05) is 0 Å². The largest absolute Gasteiger partial charge is 0.373 e. The maximum atomic E-state index is 5.34. The minimum atomic E-state index is 0.376. The van der Waals surface area contributed by atoms with Crippen LogP contribution in [0.25, 0.3) is 0 Å². The summed E-state index contributed by atoms with van der Waals surface area (Å²) in [5.74, 6) is 2.47. The van der Waals surface area contributed by atoms with Gasteiger partial charge in [0.25, 0.3) is 0 Å². The molecule has 4 heteroatoms. The Bertz CT molecular complexity index is 446. The third kappa shape index (κ3) is 3.18. The second-order valence-corrected chi connectivity index (χ2v) is 6.50. The summed E-state index contributed by atoms with van der Waals surface area (Å²) in [6, 6.07) is 0. The van der Waals surface area contributed by atoms with Gasteiger partial charge in [0.2, 0.25) is 0 Å². The molecule has 3 aliphatic rings. The molecule has 2 saturated heterocycles. The molecule has 1 aromatic rings. The Morgan fingerprint density at radius 3 is 2.20 bits per heavy atom. The standard InChI is InChI=1S/C16H22N2O2/c1-3-12(4-2-11(1)5-14-9-19-14)13-7-17-16(18-8-13)6-15-10-20-15/h7-8,11-12,14-15H,1-6,9-10H2. The summed E-state index contributed by atoms with van der Waals surface area (Å²) in [6.07, 6.45) is 12.4. The zero-order valence-corrected chi connectivity index (χ0v) is 11.8. The van der Waals surface area contributed by atoms with E-state index < -0.39 is 0 Å². The van der Waals surface area contributed by atoms with Gasteiger partial charge in [0, 0.05) is 18.8 Å². The van der Waals surface area contributed by atoms with E-state index in [9.17, 15) is 0 Å². The predicted octanol–water partition coefficient (Wildman–Crippen LogP) is 2.48. The highest BCUT2D eigenvalue weighted by molar-refractivity contribution is 5.13. The topological polar surface area (TPSA) is 50.8 Å². The van der Waals surface area contributed by atoms with E-state index in [1.54, 1.807) is 0 Å². The second kappa shape index (κ2) is 5.41. The summed E-state index contributed by atoms with van der Waals surface area (Å²) < 4.78 is 10.6. The van der Waals surface area contributed by atoms with E-state index in [0.29, 0.717) is 18.1 Å². The molecule has 2 atom stereocenters. The van der Waals surface area contributed by atoms with E-state index in [4.69, 9.17) is 9.47 Å². The molecule has 3 fully saturated rings. The van der Waals surface area contributed by atoms with Crippen LogP contribution in [0.5, 0.6) is 0 Å². The van der Waals surface area contributed by atoms with Crippen molar-refractivity contribution in [3.8, 4) is 0 Å². The SMILES string of the molecule is c1nc(CC2CO2)ncc1C1CCC(CC2CO2)CC1. The lowest BCUT2D eigenvalue weighted by Crippen LogP contribution is -2.15. The molecule has 1 saturated carbocycles. The molecule has 4 nitrogen and oxygen atoms in total. The van der Waals surface area contributed by atoms with Crippen LogP contribution in [0.1, 0.15) is 49.4 Å². The van der Waals surface area contributed by atoms with Crippen LogP contribution in [-0.4, -0.2) is 35.4 Å². The molecule has 3 heterocycles. The number of epoxide rings is 2. The molecular weight excluding hydrogens is 252 g/mol. The van der Waals surface area contributed by atoms with Crippen molar-refractivity contribution in [2.75, 3.05) is 13.2 Å². The van der Waals surface area contributed by atoms with Crippen molar-refractivity contribution in [2.45, 2.75) is 56.7 Å². The highest BCUT2D eigenvalue weighted by Gasteiger charge is 2.30. The fourth-order valence-corrected chi connectivity index (χ4v) is 3.38. The average Bonchev–Trinajstić information content (AvgIpc) is 3.37. The number of ether oxygens (including phenoxy) is 2. The van der Waals surface area contributed by atoms with E-state index in [1.165, 1.54) is 37.7 Å². The third-order valence-corrected chi connectivity index (χ3v) is 4.85. The Balaban J connectivity index is 1.30. The molecule has 0 radical (unpaired) electrons. The van der Waals surface area contributed by atoms with Crippen molar-refractivity contribution in [2.24, 2.45) is 5.92 Å². The van der Waals surface area contributed by atoms with Crippen LogP contribution in [0.4, 0.5) is 0 Å². The molecule has 0 N–H and O–H groups in total. The summed E-state index contributed by atoms with van der Waals surface area (Å²) in [7, 11) is 0. The van der Waals surface area contributed by atoms with Gasteiger partial charge >= 0.3 is 0 Å². The number of hydrogen-bond donors (Lipinski definition) is 0. The van der Waals surface area contributed by atoms with Gasteiger partial charge in [0.05, 0.1) is 25.4 Å². The lowest BCUT2D eigenvalue weighted by molar-refractivity contribution is 0.275. The van der Waals surface area contributed by atoms with Gasteiger partial charge in [-0.25, -0.2) is 9.97 Å². The minimum Gasteiger partial charge on any atom is -0.373 e. The Morgan fingerprint density at radius 2 is 1.60 bits per heavy atom. The summed E-state index contributed by atoms with van der Waals surface area (Å²) in [6.45, 7) is 1.87. The third-order valence-electron chi connectivity index (χ3n) is 4.85. The minimum absolute atomic E-state index is 0.376. The van der Waals surface area contributed by atoms with Crippen LogP contribution in [0.2, 0.25) is 0 Å². The highest BCUT2D eigenvalue weighted by Crippen LogP contribution is 2.38. The smallest absolute Gasteiger partial charge is 0.130 e. The van der Waals surface area contributed by atoms with Crippen molar-refractivity contribution in [3.63, 3.8) is 0 Å². The normalized spacial score (nSPS) is 35.8. The van der Waals surface area contributed by atoms with Crippen LogP contribution in [0.3, 0.4) is 0 Å². The zero-order chi connectivity index (χ0) is 13.4. The highest BCUT2D eigenvalue weighted by atomic mass is 16.6. The first kappa shape index (κ1) is 12.7. The predicted molar refractivity (Wildman–Crippen MR) is 74.5 cm³/mol. The molecule has 2 unspecified atom stereocenters. The first-order chi connectivity index (χ1) is 9.87. The monoisotopic (exact) mass is 274 g/mol. The summed E-state index contributed by atoms with van der Waals surface area (Å²) in [5, 5.41) is 0. The summed E-state index contributed by atoms with van der Waals surface area (Å²) in [5.41, 5.74) is 1.33. The van der Waals surface area contributed by atoms with Crippen LogP contribution >= 0.6 is 0 Å². The number of aromatic nitrogens is 2. The molecule has 108 valence electrons. The van der Waals surface area contributed by atoms with Gasteiger partial charge < -0.3 is 9.47 Å². The summed E-state index contributed by atoms with van der Waals surface area (Å²) in [4.78, 5) is 9.00. The van der Waals surface area contributed by atoms with Gasteiger partial charge in [-0.15, -0.1) is 0 Å². The fraction of sp³-hybridized carbons (Fsp3) is 0.750.